The van der Waals surface area contributed by atoms with Crippen LogP contribution in [0, 0.1) is 19.6 Å². The standard InChI is InChI=1S/C6H2F3IN2O2/c7-5(8)2-1-3(12(13)14)11-6(9)4(2)10/h1,5H. The van der Waals surface area contributed by atoms with Crippen LogP contribution < -0.4 is 0 Å². The van der Waals surface area contributed by atoms with Crippen LogP contribution in [0.4, 0.5) is 19.0 Å². The van der Waals surface area contributed by atoms with Gasteiger partial charge in [-0.05, 0) is 32.5 Å². The highest BCUT2D eigenvalue weighted by molar-refractivity contribution is 14.1. The van der Waals surface area contributed by atoms with Gasteiger partial charge < -0.3 is 10.1 Å². The van der Waals surface area contributed by atoms with E-state index in [9.17, 15) is 23.3 Å². The van der Waals surface area contributed by atoms with Crippen LogP contribution in [0.5, 0.6) is 0 Å². The summed E-state index contributed by atoms with van der Waals surface area (Å²) in [6.45, 7) is 0. The summed E-state index contributed by atoms with van der Waals surface area (Å²) in [4.78, 5) is 12.1. The summed E-state index contributed by atoms with van der Waals surface area (Å²) in [7, 11) is 0. The summed E-state index contributed by atoms with van der Waals surface area (Å²) in [5.41, 5.74) is -0.718. The molecule has 1 heterocycles. The Hall–Kier alpha value is -0.930. The van der Waals surface area contributed by atoms with Crippen molar-refractivity contribution in [1.82, 2.24) is 4.98 Å². The first-order chi connectivity index (χ1) is 6.43. The van der Waals surface area contributed by atoms with E-state index in [4.69, 9.17) is 0 Å². The number of rotatable bonds is 2. The van der Waals surface area contributed by atoms with Crippen LogP contribution in [-0.2, 0) is 0 Å². The molecule has 0 aromatic carbocycles. The molecule has 0 saturated carbocycles. The van der Waals surface area contributed by atoms with Gasteiger partial charge in [-0.3, -0.25) is 0 Å². The summed E-state index contributed by atoms with van der Waals surface area (Å²) in [5.74, 6) is -2.17. The first-order valence-corrected chi connectivity index (χ1v) is 4.30. The fraction of sp³-hybridized carbons (Fsp3) is 0.167. The fourth-order valence-corrected chi connectivity index (χ4v) is 1.27. The minimum Gasteiger partial charge on any atom is -0.358 e. The maximum atomic E-state index is 12.8. The second kappa shape index (κ2) is 4.07. The average Bonchev–Trinajstić information content (AvgIpc) is 2.08. The second-order valence-corrected chi connectivity index (χ2v) is 3.31. The molecular weight excluding hydrogens is 316 g/mol. The van der Waals surface area contributed by atoms with Crippen LogP contribution in [0.25, 0.3) is 0 Å². The van der Waals surface area contributed by atoms with E-state index in [0.717, 1.165) is 0 Å². The third kappa shape index (κ3) is 2.11. The molecule has 1 rings (SSSR count). The predicted octanol–water partition coefficient (Wildman–Crippen LogP) is 2.67. The smallest absolute Gasteiger partial charge is 0.358 e. The van der Waals surface area contributed by atoms with E-state index in [0.29, 0.717) is 6.07 Å². The van der Waals surface area contributed by atoms with Crippen molar-refractivity contribution < 1.29 is 18.1 Å². The quantitative estimate of drug-likeness (QED) is 0.365. The molecule has 8 heteroatoms. The van der Waals surface area contributed by atoms with Gasteiger partial charge in [-0.2, -0.15) is 4.39 Å². The zero-order chi connectivity index (χ0) is 10.9. The number of pyridine rings is 1. The van der Waals surface area contributed by atoms with Gasteiger partial charge in [-0.15, -0.1) is 0 Å². The normalized spacial score (nSPS) is 10.6. The molecule has 4 nitrogen and oxygen atoms in total. The molecule has 1 aromatic rings. The lowest BCUT2D eigenvalue weighted by molar-refractivity contribution is -0.390. The molecule has 0 fully saturated rings. The van der Waals surface area contributed by atoms with Gasteiger partial charge in [0, 0.05) is 11.6 Å². The van der Waals surface area contributed by atoms with Crippen molar-refractivity contribution in [3.63, 3.8) is 0 Å². The first-order valence-electron chi connectivity index (χ1n) is 3.22. The fourth-order valence-electron chi connectivity index (χ4n) is 0.756. The largest absolute Gasteiger partial charge is 0.367 e. The van der Waals surface area contributed by atoms with Gasteiger partial charge in [-0.1, -0.05) is 0 Å². The Morgan fingerprint density at radius 2 is 2.14 bits per heavy atom. The number of hydrogen-bond acceptors (Lipinski definition) is 3. The number of hydrogen-bond donors (Lipinski definition) is 0. The van der Waals surface area contributed by atoms with Gasteiger partial charge in [0.1, 0.15) is 3.57 Å². The van der Waals surface area contributed by atoms with Gasteiger partial charge in [0.25, 0.3) is 6.43 Å². The Bertz CT molecular complexity index is 386. The molecule has 0 aliphatic heterocycles. The van der Waals surface area contributed by atoms with E-state index in [1.165, 1.54) is 22.6 Å². The van der Waals surface area contributed by atoms with E-state index in [1.807, 2.05) is 0 Å². The predicted molar refractivity (Wildman–Crippen MR) is 48.5 cm³/mol. The lowest BCUT2D eigenvalue weighted by Gasteiger charge is -2.01. The Morgan fingerprint density at radius 1 is 1.57 bits per heavy atom. The topological polar surface area (TPSA) is 56.0 Å². The first kappa shape index (κ1) is 11.1. The Labute approximate surface area is 89.4 Å². The van der Waals surface area contributed by atoms with Gasteiger partial charge in [0.2, 0.25) is 0 Å². The Kier molecular flexibility index (Phi) is 3.24. The molecule has 0 aliphatic rings. The minimum absolute atomic E-state index is 0.400. The lowest BCUT2D eigenvalue weighted by Crippen LogP contribution is -2.01. The molecule has 76 valence electrons. The second-order valence-electron chi connectivity index (χ2n) is 2.23. The summed E-state index contributed by atoms with van der Waals surface area (Å²) >= 11 is 1.32. The van der Waals surface area contributed by atoms with Gasteiger partial charge >= 0.3 is 11.8 Å². The van der Waals surface area contributed by atoms with E-state index in [1.54, 1.807) is 0 Å². The van der Waals surface area contributed by atoms with Crippen molar-refractivity contribution in [1.29, 1.82) is 0 Å². The molecule has 0 atom stereocenters. The summed E-state index contributed by atoms with van der Waals surface area (Å²) in [5, 5.41) is 10.2. The van der Waals surface area contributed by atoms with Crippen LogP contribution in [0.15, 0.2) is 6.07 Å². The molecule has 0 aliphatic carbocycles. The molecule has 0 spiro atoms. The van der Waals surface area contributed by atoms with Crippen molar-refractivity contribution in [2.45, 2.75) is 6.43 Å². The van der Waals surface area contributed by atoms with Crippen molar-refractivity contribution in [2.24, 2.45) is 0 Å². The molecule has 0 saturated heterocycles. The monoisotopic (exact) mass is 318 g/mol. The maximum absolute atomic E-state index is 12.8. The summed E-state index contributed by atoms with van der Waals surface area (Å²) < 4.78 is 36.9. The Balaban J connectivity index is 3.35. The molecule has 0 bridgehead atoms. The van der Waals surface area contributed by atoms with Crippen LogP contribution in [0.2, 0.25) is 0 Å². The number of alkyl halides is 2. The molecule has 0 unspecified atom stereocenters. The highest BCUT2D eigenvalue weighted by Gasteiger charge is 2.23. The number of halogens is 4. The highest BCUT2D eigenvalue weighted by Crippen LogP contribution is 2.28. The summed E-state index contributed by atoms with van der Waals surface area (Å²) in [6.07, 6.45) is -2.96. The van der Waals surface area contributed by atoms with Gasteiger partial charge in [0.05, 0.1) is 0 Å². The molecule has 14 heavy (non-hydrogen) atoms. The van der Waals surface area contributed by atoms with Crippen LogP contribution in [0.3, 0.4) is 0 Å². The molecule has 0 radical (unpaired) electrons. The van der Waals surface area contributed by atoms with Gasteiger partial charge in [-0.25, -0.2) is 8.78 Å². The SMILES string of the molecule is O=[N+]([O-])c1cc(C(F)F)c(I)c(F)n1. The number of aromatic nitrogens is 1. The average molecular weight is 318 g/mol. The third-order valence-corrected chi connectivity index (χ3v) is 2.42. The number of nitro groups is 1. The molecule has 0 amide bonds. The van der Waals surface area contributed by atoms with Crippen molar-refractivity contribution >= 4 is 28.4 Å². The van der Waals surface area contributed by atoms with Crippen LogP contribution in [-0.4, -0.2) is 9.91 Å². The van der Waals surface area contributed by atoms with Crippen molar-refractivity contribution in [3.8, 4) is 0 Å². The molecular formula is C6H2F3IN2O2. The highest BCUT2D eigenvalue weighted by atomic mass is 127. The maximum Gasteiger partial charge on any atom is 0.367 e. The zero-order valence-corrected chi connectivity index (χ0v) is 8.53. The third-order valence-electron chi connectivity index (χ3n) is 1.35. The van der Waals surface area contributed by atoms with E-state index in [-0.39, 0.29) is 0 Å². The van der Waals surface area contributed by atoms with E-state index < -0.39 is 32.2 Å². The van der Waals surface area contributed by atoms with E-state index in [2.05, 4.69) is 4.98 Å². The lowest BCUT2D eigenvalue weighted by atomic mass is 10.3. The van der Waals surface area contributed by atoms with Crippen molar-refractivity contribution in [2.75, 3.05) is 0 Å². The van der Waals surface area contributed by atoms with Gasteiger partial charge in [0.15, 0.2) is 0 Å². The minimum atomic E-state index is -2.96. The molecule has 1 aromatic heterocycles. The summed E-state index contributed by atoms with van der Waals surface area (Å²) in [6, 6.07) is 0.565. The van der Waals surface area contributed by atoms with Crippen LogP contribution in [0.1, 0.15) is 12.0 Å². The van der Waals surface area contributed by atoms with Crippen LogP contribution >= 0.6 is 22.6 Å². The molecule has 0 N–H and O–H groups in total. The van der Waals surface area contributed by atoms with E-state index >= 15 is 0 Å². The van der Waals surface area contributed by atoms with Crippen molar-refractivity contribution in [3.05, 3.63) is 31.3 Å². The zero-order valence-electron chi connectivity index (χ0n) is 6.38. The number of nitrogens with zero attached hydrogens (tertiary/aromatic N) is 2. The Morgan fingerprint density at radius 3 is 2.57 bits per heavy atom.